The molecule has 0 aliphatic carbocycles. The van der Waals surface area contributed by atoms with Crippen LogP contribution in [0.5, 0.6) is 0 Å². The second kappa shape index (κ2) is 10.5. The zero-order valence-corrected chi connectivity index (χ0v) is 18.7. The monoisotopic (exact) mass is 459 g/mol. The molecule has 9 heteroatoms. The molecule has 3 N–H and O–H groups in total. The molecule has 1 atom stereocenters. The number of carbonyl (C=O) groups is 1. The molecule has 1 aromatic carbocycles. The standard InChI is InChI=1S/C22H23Cl2N5O2/c1-3-15-11-20(29-22(27-15)26-12-13(2)30)28-19-10-14(7-8-25-19)9-18(31)21-16(23)5-4-6-17(21)24/h4-8,10-11,13,30H,3,9,12H2,1-2H3,(H2,25,26,27,28,29). The first kappa shape index (κ1) is 22.9. The maximum absolute atomic E-state index is 12.7. The molecule has 2 heterocycles. The molecule has 0 amide bonds. The van der Waals surface area contributed by atoms with Gasteiger partial charge in [-0.3, -0.25) is 4.79 Å². The van der Waals surface area contributed by atoms with Crippen LogP contribution in [0.15, 0.2) is 42.6 Å². The fourth-order valence-electron chi connectivity index (χ4n) is 2.88. The number of aromatic nitrogens is 3. The summed E-state index contributed by atoms with van der Waals surface area (Å²) < 4.78 is 0. The molecule has 0 spiro atoms. The molecule has 0 saturated heterocycles. The lowest BCUT2D eigenvalue weighted by Gasteiger charge is -2.12. The molecule has 31 heavy (non-hydrogen) atoms. The van der Waals surface area contributed by atoms with Gasteiger partial charge in [0.1, 0.15) is 11.6 Å². The molecule has 0 radical (unpaired) electrons. The first-order valence-electron chi connectivity index (χ1n) is 9.84. The Labute approximate surface area is 190 Å². The Morgan fingerprint density at radius 1 is 1.13 bits per heavy atom. The van der Waals surface area contributed by atoms with Crippen LogP contribution in [0.1, 0.15) is 35.5 Å². The highest BCUT2D eigenvalue weighted by Crippen LogP contribution is 2.26. The van der Waals surface area contributed by atoms with Crippen LogP contribution in [0.4, 0.5) is 17.6 Å². The molecular formula is C22H23Cl2N5O2. The van der Waals surface area contributed by atoms with Crippen molar-refractivity contribution in [1.29, 1.82) is 0 Å². The number of halogens is 2. The van der Waals surface area contributed by atoms with Crippen LogP contribution in [0, 0.1) is 0 Å². The van der Waals surface area contributed by atoms with Crippen LogP contribution in [0.2, 0.25) is 10.0 Å². The SMILES string of the molecule is CCc1cc(Nc2cc(CC(=O)c3c(Cl)cccc3Cl)ccn2)nc(NCC(C)O)n1. The van der Waals surface area contributed by atoms with Crippen LogP contribution >= 0.6 is 23.2 Å². The van der Waals surface area contributed by atoms with Crippen molar-refractivity contribution >= 4 is 46.6 Å². The van der Waals surface area contributed by atoms with Crippen molar-refractivity contribution in [2.24, 2.45) is 0 Å². The molecule has 162 valence electrons. The van der Waals surface area contributed by atoms with Gasteiger partial charge in [0.25, 0.3) is 0 Å². The number of Topliss-reactive ketones (excluding diaryl/α,β-unsaturated/α-hetero) is 1. The average Bonchev–Trinajstić information content (AvgIpc) is 2.72. The lowest BCUT2D eigenvalue weighted by Crippen LogP contribution is -2.17. The van der Waals surface area contributed by atoms with E-state index in [0.29, 0.717) is 39.7 Å². The Morgan fingerprint density at radius 2 is 1.87 bits per heavy atom. The number of hydrogen-bond acceptors (Lipinski definition) is 7. The van der Waals surface area contributed by atoms with E-state index in [4.69, 9.17) is 23.2 Å². The van der Waals surface area contributed by atoms with Crippen molar-refractivity contribution < 1.29 is 9.90 Å². The molecule has 0 saturated carbocycles. The van der Waals surface area contributed by atoms with Crippen LogP contribution < -0.4 is 10.6 Å². The number of benzene rings is 1. The Morgan fingerprint density at radius 3 is 2.55 bits per heavy atom. The van der Waals surface area contributed by atoms with Gasteiger partial charge < -0.3 is 15.7 Å². The van der Waals surface area contributed by atoms with Gasteiger partial charge in [-0.2, -0.15) is 4.98 Å². The second-order valence-electron chi connectivity index (χ2n) is 7.02. The number of hydrogen-bond donors (Lipinski definition) is 3. The minimum absolute atomic E-state index is 0.131. The first-order valence-corrected chi connectivity index (χ1v) is 10.6. The summed E-state index contributed by atoms with van der Waals surface area (Å²) in [6.45, 7) is 4.02. The third kappa shape index (κ3) is 6.37. The number of aliphatic hydroxyl groups is 1. The zero-order valence-electron chi connectivity index (χ0n) is 17.2. The average molecular weight is 460 g/mol. The Hall–Kier alpha value is -2.74. The van der Waals surface area contributed by atoms with E-state index in [-0.39, 0.29) is 12.2 Å². The lowest BCUT2D eigenvalue weighted by atomic mass is 10.0. The molecule has 3 aromatic rings. The highest BCUT2D eigenvalue weighted by Gasteiger charge is 2.15. The van der Waals surface area contributed by atoms with Crippen molar-refractivity contribution in [1.82, 2.24) is 15.0 Å². The fourth-order valence-corrected chi connectivity index (χ4v) is 3.49. The number of pyridine rings is 1. The van der Waals surface area contributed by atoms with Gasteiger partial charge in [0, 0.05) is 30.9 Å². The predicted molar refractivity (Wildman–Crippen MR) is 124 cm³/mol. The molecule has 1 unspecified atom stereocenters. The normalized spacial score (nSPS) is 11.8. The molecule has 0 fully saturated rings. The van der Waals surface area contributed by atoms with Gasteiger partial charge in [-0.15, -0.1) is 0 Å². The van der Waals surface area contributed by atoms with Crippen LogP contribution in [-0.4, -0.2) is 38.5 Å². The summed E-state index contributed by atoms with van der Waals surface area (Å²) in [4.78, 5) is 25.9. The number of carbonyl (C=O) groups excluding carboxylic acids is 1. The Balaban J connectivity index is 1.77. The predicted octanol–water partition coefficient (Wildman–Crippen LogP) is 4.70. The van der Waals surface area contributed by atoms with Gasteiger partial charge in [-0.05, 0) is 43.2 Å². The maximum atomic E-state index is 12.7. The van der Waals surface area contributed by atoms with Crippen molar-refractivity contribution in [2.45, 2.75) is 32.8 Å². The Kier molecular flexibility index (Phi) is 7.79. The third-order valence-corrected chi connectivity index (χ3v) is 5.01. The molecule has 0 bridgehead atoms. The number of nitrogens with one attached hydrogen (secondary N) is 2. The quantitative estimate of drug-likeness (QED) is 0.398. The number of aliphatic hydroxyl groups excluding tert-OH is 1. The summed E-state index contributed by atoms with van der Waals surface area (Å²) in [5.74, 6) is 1.35. The van der Waals surface area contributed by atoms with Crippen LogP contribution in [0.25, 0.3) is 0 Å². The van der Waals surface area contributed by atoms with Gasteiger partial charge in [0.2, 0.25) is 5.95 Å². The minimum Gasteiger partial charge on any atom is -0.392 e. The van der Waals surface area contributed by atoms with Gasteiger partial charge in [-0.25, -0.2) is 9.97 Å². The molecule has 0 aliphatic rings. The van der Waals surface area contributed by atoms with E-state index in [0.717, 1.165) is 17.7 Å². The van der Waals surface area contributed by atoms with E-state index in [2.05, 4.69) is 25.6 Å². The van der Waals surface area contributed by atoms with Gasteiger partial charge in [-0.1, -0.05) is 36.2 Å². The van der Waals surface area contributed by atoms with Crippen LogP contribution in [0.3, 0.4) is 0 Å². The van der Waals surface area contributed by atoms with Crippen LogP contribution in [-0.2, 0) is 12.8 Å². The third-order valence-electron chi connectivity index (χ3n) is 4.38. The van der Waals surface area contributed by atoms with Gasteiger partial charge in [0.05, 0.1) is 21.7 Å². The number of anilines is 3. The molecule has 0 aliphatic heterocycles. The van der Waals surface area contributed by atoms with Crippen molar-refractivity contribution in [3.63, 3.8) is 0 Å². The fraction of sp³-hybridized carbons (Fsp3) is 0.273. The number of ketones is 1. The minimum atomic E-state index is -0.521. The summed E-state index contributed by atoms with van der Waals surface area (Å²) >= 11 is 12.3. The highest BCUT2D eigenvalue weighted by atomic mass is 35.5. The highest BCUT2D eigenvalue weighted by molar-refractivity contribution is 6.39. The smallest absolute Gasteiger partial charge is 0.224 e. The lowest BCUT2D eigenvalue weighted by molar-refractivity contribution is 0.0993. The Bertz CT molecular complexity index is 1060. The molecular weight excluding hydrogens is 437 g/mol. The zero-order chi connectivity index (χ0) is 22.4. The number of aryl methyl sites for hydroxylation is 1. The van der Waals surface area contributed by atoms with E-state index < -0.39 is 6.10 Å². The van der Waals surface area contributed by atoms with E-state index in [1.807, 2.05) is 13.0 Å². The maximum Gasteiger partial charge on any atom is 0.224 e. The van der Waals surface area contributed by atoms with E-state index in [1.165, 1.54) is 0 Å². The van der Waals surface area contributed by atoms with E-state index in [1.54, 1.807) is 43.5 Å². The molecule has 7 nitrogen and oxygen atoms in total. The summed E-state index contributed by atoms with van der Waals surface area (Å²) in [5, 5.41) is 16.3. The van der Waals surface area contributed by atoms with E-state index >= 15 is 0 Å². The van der Waals surface area contributed by atoms with Gasteiger partial charge in [0.15, 0.2) is 5.78 Å². The molecule has 2 aromatic heterocycles. The summed E-state index contributed by atoms with van der Waals surface area (Å²) in [6, 6.07) is 10.4. The van der Waals surface area contributed by atoms with E-state index in [9.17, 15) is 9.90 Å². The topological polar surface area (TPSA) is 100 Å². The van der Waals surface area contributed by atoms with Gasteiger partial charge >= 0.3 is 0 Å². The van der Waals surface area contributed by atoms with Crippen molar-refractivity contribution in [3.8, 4) is 0 Å². The number of rotatable bonds is 9. The largest absolute Gasteiger partial charge is 0.392 e. The summed E-state index contributed by atoms with van der Waals surface area (Å²) in [7, 11) is 0. The second-order valence-corrected chi connectivity index (χ2v) is 7.84. The number of nitrogens with zero attached hydrogens (tertiary/aromatic N) is 3. The van der Waals surface area contributed by atoms with Crippen molar-refractivity contribution in [2.75, 3.05) is 17.2 Å². The summed E-state index contributed by atoms with van der Waals surface area (Å²) in [6.07, 6.45) is 1.95. The first-order chi connectivity index (χ1) is 14.9. The molecule has 3 rings (SSSR count). The summed E-state index contributed by atoms with van der Waals surface area (Å²) in [5.41, 5.74) is 1.91. The van der Waals surface area contributed by atoms with Crippen molar-refractivity contribution in [3.05, 3.63) is 69.5 Å².